The molecule has 21 heteroatoms. The minimum atomic E-state index is -10.0. The van der Waals surface area contributed by atoms with E-state index in [0.717, 1.165) is 16.5 Å². The van der Waals surface area contributed by atoms with Crippen LogP contribution in [0.25, 0.3) is 11.4 Å². The van der Waals surface area contributed by atoms with Crippen LogP contribution in [0, 0.1) is 6.92 Å². The van der Waals surface area contributed by atoms with Crippen LogP contribution >= 0.6 is 21.8 Å². The second kappa shape index (κ2) is 15.5. The molecule has 1 fully saturated rings. The SMILES string of the molecule is CCc1c(N2CCN(C(=O)c3ncnc(C)c3OCc3ccccc3)CC2)c(=O)n2nc(C3=CCCCOC3)nc2n1CC(=O)Nc1ccc(S(F)(F)(F)(F)F)cc1Cl. The normalized spacial score (nSPS) is 16.2. The van der Waals surface area contributed by atoms with E-state index >= 15 is 0 Å². The molecule has 1 saturated heterocycles. The Morgan fingerprint density at radius 3 is 2.46 bits per heavy atom. The Morgan fingerprint density at radius 1 is 1.02 bits per heavy atom. The van der Waals surface area contributed by atoms with Crippen molar-refractivity contribution in [3.8, 4) is 5.75 Å². The Balaban J connectivity index is 1.19. The number of carbonyl (C=O) groups is 2. The molecule has 3 aromatic heterocycles. The van der Waals surface area contributed by atoms with E-state index in [9.17, 15) is 33.8 Å². The number of nitrogens with zero attached hydrogens (tertiary/aromatic N) is 8. The van der Waals surface area contributed by atoms with Crippen LogP contribution in [0.15, 0.2) is 70.6 Å². The highest BCUT2D eigenvalue weighted by molar-refractivity contribution is 8.45. The largest absolute Gasteiger partial charge is 0.485 e. The number of amides is 2. The Labute approximate surface area is 339 Å². The molecule has 2 amide bonds. The predicted octanol–water partition coefficient (Wildman–Crippen LogP) is 7.24. The van der Waals surface area contributed by atoms with Gasteiger partial charge in [-0.3, -0.25) is 14.4 Å². The molecule has 0 saturated carbocycles. The van der Waals surface area contributed by atoms with Gasteiger partial charge in [-0.2, -0.15) is 9.50 Å². The van der Waals surface area contributed by atoms with E-state index in [2.05, 4.69) is 25.4 Å². The summed E-state index contributed by atoms with van der Waals surface area (Å²) in [6, 6.07) is 10.3. The Kier molecular flexibility index (Phi) is 10.9. The third-order valence-corrected chi connectivity index (χ3v) is 11.3. The number of hydrogen-bond donors (Lipinski definition) is 1. The van der Waals surface area contributed by atoms with Gasteiger partial charge in [-0.05, 0) is 49.9 Å². The molecule has 0 atom stereocenters. The van der Waals surface area contributed by atoms with Crippen LogP contribution in [0.4, 0.5) is 30.8 Å². The fourth-order valence-corrected chi connectivity index (χ4v) is 7.85. The third kappa shape index (κ3) is 9.03. The number of aryl methyl sites for hydroxylation is 1. The highest BCUT2D eigenvalue weighted by Gasteiger charge is 2.65. The summed E-state index contributed by atoms with van der Waals surface area (Å²) in [7, 11) is -10.0. The fourth-order valence-electron chi connectivity index (χ4n) is 6.89. The highest BCUT2D eigenvalue weighted by atomic mass is 35.5. The molecule has 2 aliphatic rings. The number of nitrogens with one attached hydrogen (secondary N) is 1. The van der Waals surface area contributed by atoms with Gasteiger partial charge in [0.05, 0.1) is 28.7 Å². The molecular formula is C38H39ClF5N9O5S. The van der Waals surface area contributed by atoms with Crippen molar-refractivity contribution in [2.24, 2.45) is 0 Å². The Bertz CT molecular complexity index is 2530. The number of piperazine rings is 1. The lowest BCUT2D eigenvalue weighted by Gasteiger charge is -2.40. The maximum Gasteiger partial charge on any atom is 0.310 e. The number of fused-ring (bicyclic) bond motifs is 1. The zero-order valence-corrected chi connectivity index (χ0v) is 33.4. The monoisotopic (exact) mass is 863 g/mol. The number of carbonyl (C=O) groups excluding carboxylic acids is 2. The molecule has 0 unspecified atom stereocenters. The quantitative estimate of drug-likeness (QED) is 0.135. The second-order valence-corrected chi connectivity index (χ2v) is 16.8. The first-order valence-corrected chi connectivity index (χ1v) is 20.9. The number of anilines is 2. The zero-order chi connectivity index (χ0) is 42.2. The van der Waals surface area contributed by atoms with Crippen LogP contribution in [0.5, 0.6) is 5.75 Å². The van der Waals surface area contributed by atoms with Gasteiger partial charge in [0, 0.05) is 38.4 Å². The maximum atomic E-state index is 14.4. The molecule has 1 N–H and O–H groups in total. The predicted molar refractivity (Wildman–Crippen MR) is 212 cm³/mol. The first kappa shape index (κ1) is 41.6. The molecule has 59 heavy (non-hydrogen) atoms. The lowest BCUT2D eigenvalue weighted by molar-refractivity contribution is -0.116. The standard InChI is InChI=1S/C38H39ClF5N9O5S/c1-3-30-33(50-14-16-51(17-15-50)36(55)32-34(24(2)45-23-46-32)58-21-25-9-5-4-6-10-25)37(56)53-38(48-35(49-53)26-11-7-8-18-57-22-26)52(30)20-31(54)47-29-13-12-27(19-28(29)39)59(40,41,42,43)44/h4-6,9-13,19,23H,3,7-8,14-18,20-22H2,1-2H3,(H,47,54). The van der Waals surface area contributed by atoms with Gasteiger partial charge in [0.15, 0.2) is 17.3 Å². The molecule has 314 valence electrons. The summed E-state index contributed by atoms with van der Waals surface area (Å²) in [5.74, 6) is -0.722. The molecule has 2 aromatic carbocycles. The molecule has 7 rings (SSSR count). The minimum Gasteiger partial charge on any atom is -0.485 e. The average molecular weight is 864 g/mol. The Hall–Kier alpha value is -5.60. The summed E-state index contributed by atoms with van der Waals surface area (Å²) in [6.45, 7) is 4.63. The number of halogens is 6. The lowest BCUT2D eigenvalue weighted by Crippen LogP contribution is -2.51. The van der Waals surface area contributed by atoms with Gasteiger partial charge in [-0.15, -0.1) is 5.10 Å². The van der Waals surface area contributed by atoms with Gasteiger partial charge >= 0.3 is 10.2 Å². The summed E-state index contributed by atoms with van der Waals surface area (Å²) in [5.41, 5.74) is 1.83. The molecule has 5 heterocycles. The third-order valence-electron chi connectivity index (χ3n) is 9.84. The zero-order valence-electron chi connectivity index (χ0n) is 31.8. The van der Waals surface area contributed by atoms with Crippen molar-refractivity contribution in [3.05, 3.63) is 105 Å². The van der Waals surface area contributed by atoms with E-state index in [1.54, 1.807) is 23.6 Å². The number of hydrogen-bond acceptors (Lipinski definition) is 10. The van der Waals surface area contributed by atoms with Crippen molar-refractivity contribution in [1.29, 1.82) is 0 Å². The van der Waals surface area contributed by atoms with E-state index in [4.69, 9.17) is 21.1 Å². The van der Waals surface area contributed by atoms with Crippen LogP contribution in [0.1, 0.15) is 53.0 Å². The number of ether oxygens (including phenoxy) is 2. The van der Waals surface area contributed by atoms with E-state index in [1.165, 1.54) is 10.9 Å². The van der Waals surface area contributed by atoms with Crippen LogP contribution in [0.2, 0.25) is 5.02 Å². The minimum absolute atomic E-state index is 0.00392. The molecular weight excluding hydrogens is 825 g/mol. The van der Waals surface area contributed by atoms with Gasteiger partial charge in [0.2, 0.25) is 11.7 Å². The number of rotatable bonds is 11. The maximum absolute atomic E-state index is 14.4. The Morgan fingerprint density at radius 2 is 1.76 bits per heavy atom. The van der Waals surface area contributed by atoms with Crippen molar-refractivity contribution in [2.45, 2.75) is 51.2 Å². The average Bonchev–Trinajstić information content (AvgIpc) is 3.47. The van der Waals surface area contributed by atoms with Crippen LogP contribution in [-0.4, -0.2) is 85.2 Å². The van der Waals surface area contributed by atoms with Crippen LogP contribution in [-0.2, 0) is 29.1 Å². The van der Waals surface area contributed by atoms with Gasteiger partial charge in [-0.1, -0.05) is 74.4 Å². The summed E-state index contributed by atoms with van der Waals surface area (Å²) < 4.78 is 81.5. The first-order valence-electron chi connectivity index (χ1n) is 18.6. The van der Waals surface area contributed by atoms with Crippen molar-refractivity contribution in [2.75, 3.05) is 49.6 Å². The van der Waals surface area contributed by atoms with Gasteiger partial charge < -0.3 is 29.2 Å². The number of benzene rings is 2. The first-order chi connectivity index (χ1) is 27.9. The van der Waals surface area contributed by atoms with Crippen LogP contribution < -0.4 is 20.5 Å². The molecule has 0 aliphatic carbocycles. The smallest absolute Gasteiger partial charge is 0.310 e. The summed E-state index contributed by atoms with van der Waals surface area (Å²) >= 11 is 5.97. The van der Waals surface area contributed by atoms with Crippen molar-refractivity contribution >= 4 is 56.4 Å². The highest BCUT2D eigenvalue weighted by Crippen LogP contribution is 3.02. The molecule has 2 aliphatic heterocycles. The number of allylic oxidation sites excluding steroid dienone is 1. The second-order valence-electron chi connectivity index (χ2n) is 14.0. The van der Waals surface area contributed by atoms with Gasteiger partial charge in [0.25, 0.3) is 11.5 Å². The molecule has 0 spiro atoms. The summed E-state index contributed by atoms with van der Waals surface area (Å²) in [5, 5.41) is 6.18. The van der Waals surface area contributed by atoms with Crippen LogP contribution in [0.3, 0.4) is 0 Å². The molecule has 5 aromatic rings. The van der Waals surface area contributed by atoms with E-state index in [0.29, 0.717) is 36.1 Å². The van der Waals surface area contributed by atoms with Gasteiger partial charge in [-0.25, -0.2) is 9.97 Å². The van der Waals surface area contributed by atoms with Gasteiger partial charge in [0.1, 0.15) is 30.1 Å². The van der Waals surface area contributed by atoms with E-state index < -0.39 is 38.2 Å². The number of aromatic nitrogens is 6. The fraction of sp³-hybridized carbons (Fsp3) is 0.342. The van der Waals surface area contributed by atoms with Crippen molar-refractivity contribution < 1.29 is 38.5 Å². The summed E-state index contributed by atoms with van der Waals surface area (Å²) in [4.78, 5) is 56.2. The molecule has 0 bridgehead atoms. The van der Waals surface area contributed by atoms with Crippen molar-refractivity contribution in [3.63, 3.8) is 0 Å². The van der Waals surface area contributed by atoms with E-state index in [1.807, 2.05) is 36.4 Å². The van der Waals surface area contributed by atoms with Crippen molar-refractivity contribution in [1.82, 2.24) is 34.0 Å². The molecule has 0 radical (unpaired) electrons. The topological polar surface area (TPSA) is 149 Å². The molecule has 14 nitrogen and oxygen atoms in total. The lowest BCUT2D eigenvalue weighted by atomic mass is 10.2. The summed E-state index contributed by atoms with van der Waals surface area (Å²) in [6.07, 6.45) is 4.87. The van der Waals surface area contributed by atoms with E-state index in [-0.39, 0.29) is 98.3 Å².